The van der Waals surface area contributed by atoms with Crippen molar-refractivity contribution in [2.24, 2.45) is 0 Å². The monoisotopic (exact) mass is 333 g/mol. The first kappa shape index (κ1) is 12.5. The number of oxazole rings is 1. The van der Waals surface area contributed by atoms with E-state index in [0.29, 0.717) is 5.76 Å². The Kier molecular flexibility index (Phi) is 3.40. The van der Waals surface area contributed by atoms with Crippen molar-refractivity contribution >= 4 is 27.5 Å². The third-order valence-electron chi connectivity index (χ3n) is 2.82. The molecule has 4 heteroatoms. The summed E-state index contributed by atoms with van der Waals surface area (Å²) in [5, 5.41) is 0.159. The molecule has 0 spiro atoms. The fourth-order valence-corrected chi connectivity index (χ4v) is 2.25. The first-order chi connectivity index (χ1) is 9.22. The van der Waals surface area contributed by atoms with Gasteiger partial charge in [0.05, 0.1) is 6.20 Å². The molecule has 3 rings (SSSR count). The predicted octanol–water partition coefficient (Wildman–Crippen LogP) is 5.42. The van der Waals surface area contributed by atoms with Crippen molar-refractivity contribution in [1.82, 2.24) is 4.98 Å². The zero-order chi connectivity index (χ0) is 13.2. The average Bonchev–Trinajstić information content (AvgIpc) is 2.87. The highest BCUT2D eigenvalue weighted by Crippen LogP contribution is 2.27. The van der Waals surface area contributed by atoms with Crippen molar-refractivity contribution in [2.45, 2.75) is 0 Å². The molecule has 0 radical (unpaired) electrons. The second-order valence-electron chi connectivity index (χ2n) is 4.06. The molecule has 0 saturated carbocycles. The number of halogens is 2. The van der Waals surface area contributed by atoms with E-state index < -0.39 is 0 Å². The van der Waals surface area contributed by atoms with E-state index in [1.165, 1.54) is 5.56 Å². The minimum Gasteiger partial charge on any atom is -0.428 e. The smallest absolute Gasteiger partial charge is 0.292 e. The van der Waals surface area contributed by atoms with Crippen LogP contribution in [-0.4, -0.2) is 4.98 Å². The van der Waals surface area contributed by atoms with Gasteiger partial charge in [-0.15, -0.1) is 0 Å². The van der Waals surface area contributed by atoms with Crippen LogP contribution in [0.3, 0.4) is 0 Å². The summed E-state index contributed by atoms with van der Waals surface area (Å²) in [4.78, 5) is 3.88. The van der Waals surface area contributed by atoms with Crippen molar-refractivity contribution in [3.63, 3.8) is 0 Å². The van der Waals surface area contributed by atoms with Gasteiger partial charge in [-0.1, -0.05) is 52.3 Å². The Morgan fingerprint density at radius 3 is 1.89 bits per heavy atom. The van der Waals surface area contributed by atoms with Gasteiger partial charge >= 0.3 is 0 Å². The molecule has 0 N–H and O–H groups in total. The SMILES string of the molecule is Clc1ncc(-c2ccc(-c3ccc(Br)cc3)cc2)o1. The molecule has 0 unspecified atom stereocenters. The summed E-state index contributed by atoms with van der Waals surface area (Å²) >= 11 is 9.10. The molecule has 94 valence electrons. The maximum atomic E-state index is 5.67. The second kappa shape index (κ2) is 5.19. The molecule has 0 aliphatic carbocycles. The Hall–Kier alpha value is -1.58. The molecule has 0 atom stereocenters. The van der Waals surface area contributed by atoms with Gasteiger partial charge in [-0.3, -0.25) is 0 Å². The number of hydrogen-bond donors (Lipinski definition) is 0. The lowest BCUT2D eigenvalue weighted by molar-refractivity contribution is 0.574. The molecule has 0 saturated heterocycles. The van der Waals surface area contributed by atoms with Crippen LogP contribution in [0.1, 0.15) is 0 Å². The summed E-state index contributed by atoms with van der Waals surface area (Å²) in [7, 11) is 0. The van der Waals surface area contributed by atoms with Crippen LogP contribution in [0.25, 0.3) is 22.5 Å². The third-order valence-corrected chi connectivity index (χ3v) is 3.53. The predicted molar refractivity (Wildman–Crippen MR) is 80.1 cm³/mol. The van der Waals surface area contributed by atoms with Crippen LogP contribution >= 0.6 is 27.5 Å². The molecule has 1 heterocycles. The highest BCUT2D eigenvalue weighted by atomic mass is 79.9. The average molecular weight is 335 g/mol. The van der Waals surface area contributed by atoms with Crippen molar-refractivity contribution < 1.29 is 4.42 Å². The summed E-state index contributed by atoms with van der Waals surface area (Å²) < 4.78 is 6.35. The van der Waals surface area contributed by atoms with Gasteiger partial charge in [0.1, 0.15) is 0 Å². The van der Waals surface area contributed by atoms with Crippen LogP contribution in [0.2, 0.25) is 5.35 Å². The van der Waals surface area contributed by atoms with Gasteiger partial charge in [-0.2, -0.15) is 0 Å². The van der Waals surface area contributed by atoms with E-state index in [-0.39, 0.29) is 5.35 Å². The fourth-order valence-electron chi connectivity index (χ4n) is 1.86. The van der Waals surface area contributed by atoms with Gasteiger partial charge < -0.3 is 4.42 Å². The van der Waals surface area contributed by atoms with Crippen LogP contribution in [-0.2, 0) is 0 Å². The molecule has 0 bridgehead atoms. The van der Waals surface area contributed by atoms with Gasteiger partial charge in [0.15, 0.2) is 5.76 Å². The normalized spacial score (nSPS) is 10.6. The first-order valence-corrected chi connectivity index (χ1v) is 6.87. The van der Waals surface area contributed by atoms with E-state index in [9.17, 15) is 0 Å². The Morgan fingerprint density at radius 2 is 1.37 bits per heavy atom. The lowest BCUT2D eigenvalue weighted by Gasteiger charge is -2.03. The summed E-state index contributed by atoms with van der Waals surface area (Å²) in [5.74, 6) is 0.673. The topological polar surface area (TPSA) is 26.0 Å². The molecule has 0 aliphatic heterocycles. The number of nitrogens with zero attached hydrogens (tertiary/aromatic N) is 1. The molecule has 19 heavy (non-hydrogen) atoms. The van der Waals surface area contributed by atoms with E-state index >= 15 is 0 Å². The molecular weight excluding hydrogens is 326 g/mol. The van der Waals surface area contributed by atoms with Crippen molar-refractivity contribution in [3.05, 3.63) is 64.6 Å². The van der Waals surface area contributed by atoms with Gasteiger partial charge in [0, 0.05) is 10.0 Å². The fraction of sp³-hybridized carbons (Fsp3) is 0. The molecular formula is C15H9BrClNO. The van der Waals surface area contributed by atoms with Gasteiger partial charge in [0.2, 0.25) is 0 Å². The van der Waals surface area contributed by atoms with Crippen LogP contribution in [0.4, 0.5) is 0 Å². The van der Waals surface area contributed by atoms with E-state index in [0.717, 1.165) is 15.6 Å². The largest absolute Gasteiger partial charge is 0.428 e. The molecule has 2 aromatic carbocycles. The number of aromatic nitrogens is 1. The second-order valence-corrected chi connectivity index (χ2v) is 5.30. The lowest BCUT2D eigenvalue weighted by atomic mass is 10.0. The Balaban J connectivity index is 1.92. The first-order valence-electron chi connectivity index (χ1n) is 5.70. The summed E-state index contributed by atoms with van der Waals surface area (Å²) in [5.41, 5.74) is 3.28. The highest BCUT2D eigenvalue weighted by molar-refractivity contribution is 9.10. The van der Waals surface area contributed by atoms with Crippen LogP contribution in [0, 0.1) is 0 Å². The van der Waals surface area contributed by atoms with Gasteiger partial charge in [-0.25, -0.2) is 4.98 Å². The van der Waals surface area contributed by atoms with Crippen molar-refractivity contribution in [1.29, 1.82) is 0 Å². The zero-order valence-corrected chi connectivity index (χ0v) is 12.1. The maximum absolute atomic E-state index is 5.67. The minimum atomic E-state index is 0.159. The molecule has 0 amide bonds. The molecule has 0 aliphatic rings. The quantitative estimate of drug-likeness (QED) is 0.625. The number of hydrogen-bond acceptors (Lipinski definition) is 2. The van der Waals surface area contributed by atoms with E-state index in [4.69, 9.17) is 16.0 Å². The Bertz CT molecular complexity index is 689. The summed E-state index contributed by atoms with van der Waals surface area (Å²) in [6.07, 6.45) is 1.62. The van der Waals surface area contributed by atoms with E-state index in [1.807, 2.05) is 24.3 Å². The van der Waals surface area contributed by atoms with Gasteiger partial charge in [-0.05, 0) is 34.9 Å². The Morgan fingerprint density at radius 1 is 0.842 bits per heavy atom. The van der Waals surface area contributed by atoms with Crippen LogP contribution in [0.15, 0.2) is 63.6 Å². The number of rotatable bonds is 2. The molecule has 2 nitrogen and oxygen atoms in total. The van der Waals surface area contributed by atoms with Crippen molar-refractivity contribution in [2.75, 3.05) is 0 Å². The Labute approximate surface area is 124 Å². The zero-order valence-electron chi connectivity index (χ0n) is 9.81. The maximum Gasteiger partial charge on any atom is 0.292 e. The number of benzene rings is 2. The lowest BCUT2D eigenvalue weighted by Crippen LogP contribution is -1.78. The minimum absolute atomic E-state index is 0.159. The standard InChI is InChI=1S/C15H9BrClNO/c16-13-7-5-11(6-8-13)10-1-3-12(4-2-10)14-9-18-15(17)19-14/h1-9H. The van der Waals surface area contributed by atoms with Gasteiger partial charge in [0.25, 0.3) is 5.35 Å². The summed E-state index contributed by atoms with van der Waals surface area (Å²) in [6, 6.07) is 16.3. The third kappa shape index (κ3) is 2.72. The van der Waals surface area contributed by atoms with E-state index in [1.54, 1.807) is 6.20 Å². The van der Waals surface area contributed by atoms with Crippen LogP contribution in [0.5, 0.6) is 0 Å². The van der Waals surface area contributed by atoms with E-state index in [2.05, 4.69) is 45.2 Å². The van der Waals surface area contributed by atoms with Crippen LogP contribution < -0.4 is 0 Å². The summed E-state index contributed by atoms with van der Waals surface area (Å²) in [6.45, 7) is 0. The molecule has 1 aromatic heterocycles. The molecule has 3 aromatic rings. The molecule has 0 fully saturated rings. The highest BCUT2D eigenvalue weighted by Gasteiger charge is 2.05. The van der Waals surface area contributed by atoms with Crippen molar-refractivity contribution in [3.8, 4) is 22.5 Å².